The van der Waals surface area contributed by atoms with Crippen LogP contribution in [-0.2, 0) is 13.0 Å². The van der Waals surface area contributed by atoms with Crippen molar-refractivity contribution in [1.82, 2.24) is 5.32 Å². The van der Waals surface area contributed by atoms with Crippen molar-refractivity contribution in [3.63, 3.8) is 0 Å². The number of hydrogen-bond acceptors (Lipinski definition) is 3. The minimum atomic E-state index is -0.396. The third-order valence-electron chi connectivity index (χ3n) is 9.06. The maximum Gasteiger partial charge on any atom is 0.255 e. The fraction of sp³-hybridized carbons (Fsp3) is 0.708. The van der Waals surface area contributed by atoms with E-state index in [0.717, 1.165) is 42.6 Å². The van der Waals surface area contributed by atoms with Crippen molar-refractivity contribution in [1.29, 1.82) is 0 Å². The lowest BCUT2D eigenvalue weighted by atomic mass is 9.44. The molecule has 1 spiro atoms. The van der Waals surface area contributed by atoms with Crippen molar-refractivity contribution < 1.29 is 14.3 Å². The number of benzene rings is 1. The molecule has 30 heavy (non-hydrogen) atoms. The summed E-state index contributed by atoms with van der Waals surface area (Å²) in [7, 11) is 1.63. The zero-order valence-electron chi connectivity index (χ0n) is 18.4. The molecule has 164 valence electrons. The van der Waals surface area contributed by atoms with E-state index in [9.17, 15) is 4.79 Å². The summed E-state index contributed by atoms with van der Waals surface area (Å²) in [6.45, 7) is 9.72. The van der Waals surface area contributed by atoms with E-state index < -0.39 is 5.60 Å². The van der Waals surface area contributed by atoms with Gasteiger partial charge in [0.1, 0.15) is 17.1 Å². The van der Waals surface area contributed by atoms with Gasteiger partial charge < -0.3 is 14.8 Å². The fourth-order valence-electron chi connectivity index (χ4n) is 7.16. The number of halogens is 2. The quantitative estimate of drug-likeness (QED) is 0.588. The molecular formula is C24H31Cl2NO3. The molecule has 4 aliphatic rings. The minimum absolute atomic E-state index is 0.0698. The first-order valence-electron chi connectivity index (χ1n) is 11.0. The van der Waals surface area contributed by atoms with Gasteiger partial charge in [-0.05, 0) is 42.2 Å². The van der Waals surface area contributed by atoms with E-state index in [0.29, 0.717) is 29.7 Å². The molecule has 1 N–H and O–H groups in total. The first kappa shape index (κ1) is 20.8. The van der Waals surface area contributed by atoms with Gasteiger partial charge in [-0.25, -0.2) is 0 Å². The Morgan fingerprint density at radius 2 is 1.97 bits per heavy atom. The molecule has 2 fully saturated rings. The molecule has 0 aromatic heterocycles. The lowest BCUT2D eigenvalue weighted by Crippen LogP contribution is -2.71. The van der Waals surface area contributed by atoms with Gasteiger partial charge in [0.25, 0.3) is 5.91 Å². The Bertz CT molecular complexity index is 932. The van der Waals surface area contributed by atoms with Crippen LogP contribution in [0.25, 0.3) is 0 Å². The van der Waals surface area contributed by atoms with Crippen LogP contribution in [0.2, 0.25) is 0 Å². The highest BCUT2D eigenvalue weighted by Gasteiger charge is 2.69. The van der Waals surface area contributed by atoms with E-state index in [4.69, 9.17) is 32.7 Å². The average molecular weight is 452 g/mol. The van der Waals surface area contributed by atoms with Gasteiger partial charge in [0.15, 0.2) is 0 Å². The zero-order valence-corrected chi connectivity index (χ0v) is 19.9. The topological polar surface area (TPSA) is 47.6 Å². The molecule has 2 heterocycles. The fourth-order valence-corrected chi connectivity index (χ4v) is 7.96. The number of hydrogen-bond donors (Lipinski definition) is 1. The molecule has 2 saturated carbocycles. The number of amides is 1. The van der Waals surface area contributed by atoms with Gasteiger partial charge in [-0.3, -0.25) is 4.79 Å². The van der Waals surface area contributed by atoms with Crippen LogP contribution in [0.15, 0.2) is 6.07 Å². The predicted molar refractivity (Wildman–Crippen MR) is 119 cm³/mol. The molecule has 0 saturated heterocycles. The summed E-state index contributed by atoms with van der Waals surface area (Å²) in [6, 6.07) is 2.02. The van der Waals surface area contributed by atoms with Crippen molar-refractivity contribution in [3.8, 4) is 11.5 Å². The molecular weight excluding hydrogens is 421 g/mol. The summed E-state index contributed by atoms with van der Waals surface area (Å²) in [4.78, 5) is 12.5. The van der Waals surface area contributed by atoms with Crippen LogP contribution in [0.1, 0.15) is 68.4 Å². The molecule has 0 unspecified atom stereocenters. The van der Waals surface area contributed by atoms with Gasteiger partial charge in [0.05, 0.1) is 23.4 Å². The lowest BCUT2D eigenvalue weighted by Gasteiger charge is -2.67. The van der Waals surface area contributed by atoms with Gasteiger partial charge in [-0.2, -0.15) is 0 Å². The van der Waals surface area contributed by atoms with Gasteiger partial charge >= 0.3 is 0 Å². The molecule has 6 atom stereocenters. The first-order chi connectivity index (χ1) is 14.1. The van der Waals surface area contributed by atoms with E-state index in [-0.39, 0.29) is 27.5 Å². The van der Waals surface area contributed by atoms with Crippen LogP contribution in [0, 0.1) is 22.7 Å². The Hall–Kier alpha value is -1.13. The molecule has 5 rings (SSSR count). The molecule has 6 heteroatoms. The maximum absolute atomic E-state index is 12.5. The molecule has 2 aliphatic heterocycles. The molecule has 1 aromatic carbocycles. The van der Waals surface area contributed by atoms with Crippen molar-refractivity contribution in [2.75, 3.05) is 7.11 Å². The Labute approximate surface area is 189 Å². The summed E-state index contributed by atoms with van der Waals surface area (Å²) in [5.41, 5.74) is 2.07. The second-order valence-electron chi connectivity index (χ2n) is 10.7. The Kier molecular flexibility index (Phi) is 4.46. The Morgan fingerprint density at radius 1 is 1.23 bits per heavy atom. The van der Waals surface area contributed by atoms with Crippen molar-refractivity contribution >= 4 is 29.1 Å². The molecule has 4 nitrogen and oxygen atoms in total. The van der Waals surface area contributed by atoms with Crippen LogP contribution in [-0.4, -0.2) is 29.4 Å². The van der Waals surface area contributed by atoms with Crippen LogP contribution in [0.4, 0.5) is 0 Å². The maximum atomic E-state index is 12.5. The van der Waals surface area contributed by atoms with E-state index in [1.165, 1.54) is 0 Å². The second kappa shape index (κ2) is 6.45. The molecule has 1 amide bonds. The van der Waals surface area contributed by atoms with Crippen LogP contribution in [0.3, 0.4) is 0 Å². The Balaban J connectivity index is 1.74. The average Bonchev–Trinajstić information content (AvgIpc) is 3.08. The highest BCUT2D eigenvalue weighted by Crippen LogP contribution is 2.67. The summed E-state index contributed by atoms with van der Waals surface area (Å²) in [5, 5.41) is 2.70. The second-order valence-corrected chi connectivity index (χ2v) is 11.7. The number of methoxy groups -OCH3 is 1. The predicted octanol–water partition coefficient (Wildman–Crippen LogP) is 5.31. The first-order valence-corrected chi connectivity index (χ1v) is 11.9. The van der Waals surface area contributed by atoms with Crippen molar-refractivity contribution in [2.45, 2.75) is 76.3 Å². The summed E-state index contributed by atoms with van der Waals surface area (Å²) < 4.78 is 12.8. The monoisotopic (exact) mass is 451 g/mol. The molecule has 0 radical (unpaired) electrons. The summed E-state index contributed by atoms with van der Waals surface area (Å²) in [6.07, 6.45) is 3.87. The number of carbonyl (C=O) groups is 1. The van der Waals surface area contributed by atoms with Gasteiger partial charge in [0.2, 0.25) is 0 Å². The standard InChI is InChI=1S/C24H31Cl2NO3/c1-12-6-7-17-22(2,3)20(26)15(25)10-24(17)23(12,4)9-13-8-16(29-5)18-14(19(13)30-24)11-27-21(18)28/h8,12,15,17,20H,6-7,9-11H2,1-5H3,(H,27,28)/t12-,15+,17-,20-,23+,24-/m0/s1. The SMILES string of the molecule is COc1cc2c(c3c1C(=O)NC3)O[C@@]13C[C@@H](Cl)[C@H](Cl)C(C)(C)[C@@H]1CC[C@H](C)[C@@]3(C)C2. The number of carbonyl (C=O) groups excluding carboxylic acids is 1. The number of alkyl halides is 2. The number of fused-ring (bicyclic) bond motifs is 3. The number of nitrogens with one attached hydrogen (secondary N) is 1. The molecule has 1 aromatic rings. The van der Waals surface area contributed by atoms with Crippen molar-refractivity contribution in [3.05, 3.63) is 22.8 Å². The summed E-state index contributed by atoms with van der Waals surface area (Å²) in [5.74, 6) is 2.22. The molecule has 2 aliphatic carbocycles. The van der Waals surface area contributed by atoms with E-state index in [1.54, 1.807) is 7.11 Å². The Morgan fingerprint density at radius 3 is 2.67 bits per heavy atom. The third kappa shape index (κ3) is 2.38. The lowest BCUT2D eigenvalue weighted by molar-refractivity contribution is -0.208. The minimum Gasteiger partial charge on any atom is -0.496 e. The number of rotatable bonds is 1. The largest absolute Gasteiger partial charge is 0.496 e. The van der Waals surface area contributed by atoms with E-state index in [1.807, 2.05) is 6.07 Å². The van der Waals surface area contributed by atoms with Crippen molar-refractivity contribution in [2.24, 2.45) is 22.7 Å². The van der Waals surface area contributed by atoms with Gasteiger partial charge in [-0.1, -0.05) is 27.7 Å². The van der Waals surface area contributed by atoms with E-state index in [2.05, 4.69) is 33.0 Å². The van der Waals surface area contributed by atoms with Crippen LogP contribution in [0.5, 0.6) is 11.5 Å². The number of ether oxygens (including phenoxy) is 2. The third-order valence-corrected chi connectivity index (χ3v) is 10.5. The summed E-state index contributed by atoms with van der Waals surface area (Å²) >= 11 is 13.8. The van der Waals surface area contributed by atoms with Crippen LogP contribution < -0.4 is 14.8 Å². The van der Waals surface area contributed by atoms with Crippen LogP contribution >= 0.6 is 23.2 Å². The molecule has 0 bridgehead atoms. The van der Waals surface area contributed by atoms with Gasteiger partial charge in [0, 0.05) is 29.9 Å². The normalized spacial score (nSPS) is 41.0. The highest BCUT2D eigenvalue weighted by atomic mass is 35.5. The van der Waals surface area contributed by atoms with Gasteiger partial charge in [-0.15, -0.1) is 23.2 Å². The smallest absolute Gasteiger partial charge is 0.255 e. The zero-order chi connectivity index (χ0) is 21.6. The van der Waals surface area contributed by atoms with E-state index >= 15 is 0 Å². The highest BCUT2D eigenvalue weighted by molar-refractivity contribution is 6.30.